The Kier molecular flexibility index (Phi) is 6.49. The van der Waals surface area contributed by atoms with E-state index in [1.807, 2.05) is 62.0 Å². The Hall–Kier alpha value is -2.89. The summed E-state index contributed by atoms with van der Waals surface area (Å²) in [5.41, 5.74) is 2.89. The molecule has 32 heavy (non-hydrogen) atoms. The second-order valence-electron chi connectivity index (χ2n) is 9.86. The second kappa shape index (κ2) is 9.31. The summed E-state index contributed by atoms with van der Waals surface area (Å²) < 4.78 is 13.0. The molecule has 1 fully saturated rings. The molecule has 1 saturated carbocycles. The molecule has 6 heteroatoms. The van der Waals surface area contributed by atoms with Crippen molar-refractivity contribution in [1.82, 2.24) is 9.78 Å². The smallest absolute Gasteiger partial charge is 0.309 e. The third-order valence-electron chi connectivity index (χ3n) is 6.17. The van der Waals surface area contributed by atoms with Crippen molar-refractivity contribution in [2.24, 2.45) is 11.8 Å². The van der Waals surface area contributed by atoms with Crippen LogP contribution in [-0.2, 0) is 25.7 Å². The topological polar surface area (TPSA) is 70.4 Å². The fourth-order valence-corrected chi connectivity index (χ4v) is 4.24. The van der Waals surface area contributed by atoms with E-state index in [-0.39, 0.29) is 29.8 Å². The lowest BCUT2D eigenvalue weighted by Crippen LogP contribution is -2.37. The maximum atomic E-state index is 12.4. The summed E-state index contributed by atoms with van der Waals surface area (Å²) in [5, 5.41) is 4.53. The van der Waals surface area contributed by atoms with Crippen LogP contribution in [-0.4, -0.2) is 27.3 Å². The third kappa shape index (κ3) is 5.47. The van der Waals surface area contributed by atoms with Gasteiger partial charge in [-0.05, 0) is 64.0 Å². The number of esters is 2. The Morgan fingerprint density at radius 3 is 2.50 bits per heavy atom. The van der Waals surface area contributed by atoms with Gasteiger partial charge in [0.25, 0.3) is 0 Å². The van der Waals surface area contributed by atoms with Gasteiger partial charge in [-0.1, -0.05) is 36.4 Å². The predicted octanol–water partition coefficient (Wildman–Crippen LogP) is 5.10. The van der Waals surface area contributed by atoms with Crippen molar-refractivity contribution in [1.29, 1.82) is 0 Å². The molecule has 2 aliphatic carbocycles. The first-order valence-electron chi connectivity index (χ1n) is 11.5. The molecule has 0 aliphatic heterocycles. The molecule has 2 aromatic rings. The molecule has 0 bridgehead atoms. The quantitative estimate of drug-likeness (QED) is 0.589. The molecule has 1 aromatic carbocycles. The molecular weight excluding hydrogens is 404 g/mol. The van der Waals surface area contributed by atoms with Gasteiger partial charge in [-0.2, -0.15) is 5.10 Å². The third-order valence-corrected chi connectivity index (χ3v) is 6.17. The molecule has 0 saturated heterocycles. The number of aromatic nitrogens is 2. The maximum Gasteiger partial charge on any atom is 0.309 e. The number of hydrogen-bond donors (Lipinski definition) is 0. The maximum absolute atomic E-state index is 12.4. The van der Waals surface area contributed by atoms with Crippen LogP contribution in [0, 0.1) is 11.8 Å². The average molecular weight is 437 g/mol. The summed E-state index contributed by atoms with van der Waals surface area (Å²) in [6, 6.07) is 10.0. The van der Waals surface area contributed by atoms with Gasteiger partial charge in [0.15, 0.2) is 0 Å². The van der Waals surface area contributed by atoms with E-state index in [2.05, 4.69) is 17.4 Å². The van der Waals surface area contributed by atoms with Crippen molar-refractivity contribution in [3.05, 3.63) is 59.9 Å². The zero-order chi connectivity index (χ0) is 22.7. The second-order valence-corrected chi connectivity index (χ2v) is 9.86. The highest BCUT2D eigenvalue weighted by Gasteiger charge is 2.38. The summed E-state index contributed by atoms with van der Waals surface area (Å²) in [7, 11) is 0. The number of rotatable bonds is 6. The Morgan fingerprint density at radius 1 is 1.09 bits per heavy atom. The van der Waals surface area contributed by atoms with Crippen LogP contribution in [0.15, 0.2) is 48.8 Å². The minimum Gasteiger partial charge on any atom is -0.461 e. The zero-order valence-electron chi connectivity index (χ0n) is 19.1. The first kappa shape index (κ1) is 22.3. The lowest BCUT2D eigenvalue weighted by molar-refractivity contribution is -0.164. The van der Waals surface area contributed by atoms with Crippen molar-refractivity contribution >= 4 is 17.5 Å². The molecule has 1 atom stereocenters. The Balaban J connectivity index is 1.26. The van der Waals surface area contributed by atoms with Crippen LogP contribution in [0.5, 0.6) is 0 Å². The number of hydrogen-bond acceptors (Lipinski definition) is 5. The number of benzene rings is 1. The standard InChI is InChI=1S/C26H32N2O4/c1-26(2,3)32-25(30)21-13-23(14-21)28-16-22(15-27-28)19-9-11-20(12-10-19)24(29)31-17-18-7-5-4-6-8-18/h4-9,15-16,20-21,23H,10-14,17H2,1-3H3. The molecule has 170 valence electrons. The largest absolute Gasteiger partial charge is 0.461 e. The van der Waals surface area contributed by atoms with E-state index in [0.717, 1.165) is 36.8 Å². The lowest BCUT2D eigenvalue weighted by Gasteiger charge is -2.35. The average Bonchev–Trinajstić information content (AvgIpc) is 3.20. The van der Waals surface area contributed by atoms with Gasteiger partial charge in [-0.3, -0.25) is 14.3 Å². The van der Waals surface area contributed by atoms with Crippen LogP contribution in [0.25, 0.3) is 5.57 Å². The normalized spacial score (nSPS) is 23.1. The highest BCUT2D eigenvalue weighted by Crippen LogP contribution is 2.40. The Bertz CT molecular complexity index is 981. The highest BCUT2D eigenvalue weighted by molar-refractivity contribution is 5.76. The Labute approximate surface area is 189 Å². The number of nitrogens with zero attached hydrogens (tertiary/aromatic N) is 2. The molecule has 0 spiro atoms. The minimum atomic E-state index is -0.444. The van der Waals surface area contributed by atoms with Gasteiger partial charge < -0.3 is 9.47 Å². The van der Waals surface area contributed by atoms with Gasteiger partial charge in [0.2, 0.25) is 0 Å². The van der Waals surface area contributed by atoms with Gasteiger partial charge in [0.1, 0.15) is 12.2 Å². The monoisotopic (exact) mass is 436 g/mol. The van der Waals surface area contributed by atoms with Gasteiger partial charge in [0, 0.05) is 11.8 Å². The van der Waals surface area contributed by atoms with E-state index in [1.165, 1.54) is 5.57 Å². The van der Waals surface area contributed by atoms with Crippen molar-refractivity contribution < 1.29 is 19.1 Å². The number of ether oxygens (including phenoxy) is 2. The van der Waals surface area contributed by atoms with Crippen molar-refractivity contribution in [3.8, 4) is 0 Å². The number of allylic oxidation sites excluding steroid dienone is 2. The number of carbonyl (C=O) groups excluding carboxylic acids is 2. The SMILES string of the molecule is CC(C)(C)OC(=O)C1CC(n2cc(C3=CCC(C(=O)OCc4ccccc4)CC3)cn2)C1. The summed E-state index contributed by atoms with van der Waals surface area (Å²) in [6.07, 6.45) is 9.95. The molecule has 1 heterocycles. The highest BCUT2D eigenvalue weighted by atomic mass is 16.6. The van der Waals surface area contributed by atoms with Crippen molar-refractivity contribution in [2.75, 3.05) is 0 Å². The van der Waals surface area contributed by atoms with Crippen LogP contribution >= 0.6 is 0 Å². The van der Waals surface area contributed by atoms with Crippen LogP contribution in [0.2, 0.25) is 0 Å². The van der Waals surface area contributed by atoms with E-state index in [1.54, 1.807) is 0 Å². The molecule has 6 nitrogen and oxygen atoms in total. The lowest BCUT2D eigenvalue weighted by atomic mass is 9.80. The summed E-state index contributed by atoms with van der Waals surface area (Å²) in [4.78, 5) is 24.6. The van der Waals surface area contributed by atoms with E-state index < -0.39 is 5.60 Å². The minimum absolute atomic E-state index is 0.0385. The van der Waals surface area contributed by atoms with Gasteiger partial charge in [-0.25, -0.2) is 0 Å². The number of carbonyl (C=O) groups is 2. The first-order valence-corrected chi connectivity index (χ1v) is 11.5. The van der Waals surface area contributed by atoms with Crippen molar-refractivity contribution in [3.63, 3.8) is 0 Å². The molecule has 0 N–H and O–H groups in total. The van der Waals surface area contributed by atoms with E-state index in [9.17, 15) is 9.59 Å². The fraction of sp³-hybridized carbons (Fsp3) is 0.500. The van der Waals surface area contributed by atoms with Gasteiger partial charge >= 0.3 is 11.9 Å². The summed E-state index contributed by atoms with van der Waals surface area (Å²) in [6.45, 7) is 6.01. The van der Waals surface area contributed by atoms with Gasteiger partial charge in [-0.15, -0.1) is 0 Å². The molecule has 2 aliphatic rings. The predicted molar refractivity (Wildman–Crippen MR) is 121 cm³/mol. The summed E-state index contributed by atoms with van der Waals surface area (Å²) >= 11 is 0. The van der Waals surface area contributed by atoms with Gasteiger partial charge in [0.05, 0.1) is 24.1 Å². The van der Waals surface area contributed by atoms with Crippen LogP contribution in [0.1, 0.15) is 70.0 Å². The molecule has 0 radical (unpaired) electrons. The van der Waals surface area contributed by atoms with E-state index in [0.29, 0.717) is 13.0 Å². The molecule has 1 aromatic heterocycles. The van der Waals surface area contributed by atoms with Crippen LogP contribution in [0.3, 0.4) is 0 Å². The van der Waals surface area contributed by atoms with E-state index in [4.69, 9.17) is 9.47 Å². The molecular formula is C26H32N2O4. The van der Waals surface area contributed by atoms with Crippen LogP contribution < -0.4 is 0 Å². The van der Waals surface area contributed by atoms with Crippen molar-refractivity contribution in [2.45, 2.75) is 71.1 Å². The molecule has 1 unspecified atom stereocenters. The van der Waals surface area contributed by atoms with Crippen LogP contribution in [0.4, 0.5) is 0 Å². The molecule has 4 rings (SSSR count). The summed E-state index contributed by atoms with van der Waals surface area (Å²) in [5.74, 6) is -0.356. The Morgan fingerprint density at radius 2 is 1.84 bits per heavy atom. The zero-order valence-corrected chi connectivity index (χ0v) is 19.1. The first-order chi connectivity index (χ1) is 15.3. The molecule has 0 amide bonds. The fourth-order valence-electron chi connectivity index (χ4n) is 4.24. The van der Waals surface area contributed by atoms with E-state index >= 15 is 0 Å².